The molecule has 0 saturated carbocycles. The molecule has 3 aromatic carbocycles. The summed E-state index contributed by atoms with van der Waals surface area (Å²) in [6.45, 7) is 1.42. The van der Waals surface area contributed by atoms with Crippen molar-refractivity contribution < 1.29 is 32.5 Å². The fourth-order valence-corrected chi connectivity index (χ4v) is 3.71. The molecule has 188 valence electrons. The zero-order chi connectivity index (χ0) is 25.3. The number of aliphatic hydroxyl groups is 1. The minimum atomic E-state index is -4.45. The zero-order valence-corrected chi connectivity index (χ0v) is 19.8. The Morgan fingerprint density at radius 1 is 0.857 bits per heavy atom. The summed E-state index contributed by atoms with van der Waals surface area (Å²) < 4.78 is 54.9. The second-order valence-electron chi connectivity index (χ2n) is 8.15. The minimum absolute atomic E-state index is 0.0683. The lowest BCUT2D eigenvalue weighted by atomic mass is 10.1. The van der Waals surface area contributed by atoms with Crippen LogP contribution in [0.15, 0.2) is 72.8 Å². The summed E-state index contributed by atoms with van der Waals surface area (Å²) in [5.41, 5.74) is 1.35. The van der Waals surface area contributed by atoms with Crippen LogP contribution in [0.5, 0.6) is 17.2 Å². The largest absolute Gasteiger partial charge is 0.493 e. The first-order valence-corrected chi connectivity index (χ1v) is 11.2. The molecule has 0 amide bonds. The monoisotopic (exact) mass is 489 g/mol. The molecular formula is C27H30F3NO4. The Labute approximate surface area is 203 Å². The smallest absolute Gasteiger partial charge is 0.416 e. The highest BCUT2D eigenvalue weighted by molar-refractivity contribution is 5.43. The van der Waals surface area contributed by atoms with Crippen molar-refractivity contribution in [1.29, 1.82) is 0 Å². The van der Waals surface area contributed by atoms with E-state index in [1.165, 1.54) is 12.1 Å². The zero-order valence-electron chi connectivity index (χ0n) is 19.8. The average Bonchev–Trinajstić information content (AvgIpc) is 2.86. The highest BCUT2D eigenvalue weighted by Gasteiger charge is 2.30. The maximum atomic E-state index is 12.9. The van der Waals surface area contributed by atoms with Gasteiger partial charge >= 0.3 is 6.18 Å². The van der Waals surface area contributed by atoms with Crippen molar-refractivity contribution in [1.82, 2.24) is 4.90 Å². The van der Waals surface area contributed by atoms with E-state index in [1.54, 1.807) is 14.2 Å². The van der Waals surface area contributed by atoms with Crippen LogP contribution < -0.4 is 14.2 Å². The van der Waals surface area contributed by atoms with Gasteiger partial charge in [-0.2, -0.15) is 13.2 Å². The van der Waals surface area contributed by atoms with Crippen LogP contribution >= 0.6 is 0 Å². The number of hydrogen-bond donors (Lipinski definition) is 1. The van der Waals surface area contributed by atoms with Gasteiger partial charge in [-0.05, 0) is 47.9 Å². The molecule has 0 fully saturated rings. The number of hydrogen-bond acceptors (Lipinski definition) is 5. The molecule has 5 nitrogen and oxygen atoms in total. The molecule has 0 aromatic heterocycles. The molecule has 8 heteroatoms. The van der Waals surface area contributed by atoms with Gasteiger partial charge in [0.2, 0.25) is 0 Å². The van der Waals surface area contributed by atoms with E-state index in [9.17, 15) is 18.3 Å². The molecule has 3 rings (SSSR count). The van der Waals surface area contributed by atoms with Crippen molar-refractivity contribution in [2.75, 3.05) is 33.9 Å². The van der Waals surface area contributed by atoms with Crippen LogP contribution in [-0.2, 0) is 19.1 Å². The van der Waals surface area contributed by atoms with Gasteiger partial charge in [-0.15, -0.1) is 0 Å². The number of benzene rings is 3. The van der Waals surface area contributed by atoms with Gasteiger partial charge in [0.1, 0.15) is 18.5 Å². The maximum Gasteiger partial charge on any atom is 0.416 e. The summed E-state index contributed by atoms with van der Waals surface area (Å²) in [5.74, 6) is 1.37. The Kier molecular flexibility index (Phi) is 9.39. The van der Waals surface area contributed by atoms with Crippen LogP contribution in [0.4, 0.5) is 13.2 Å². The molecule has 1 unspecified atom stereocenters. The SMILES string of the molecule is COc1ccc(CCN(Cc2ccccc2)CC(O)COc2cccc(C(F)(F)F)c2)cc1OC. The molecule has 0 aliphatic carbocycles. The number of nitrogens with zero attached hydrogens (tertiary/aromatic N) is 1. The number of alkyl halides is 3. The van der Waals surface area contributed by atoms with Crippen molar-refractivity contribution in [2.45, 2.75) is 25.2 Å². The fourth-order valence-electron chi connectivity index (χ4n) is 3.71. The van der Waals surface area contributed by atoms with E-state index in [-0.39, 0.29) is 12.4 Å². The molecule has 0 aliphatic heterocycles. The van der Waals surface area contributed by atoms with E-state index in [0.717, 1.165) is 23.3 Å². The molecular weight excluding hydrogens is 459 g/mol. The molecule has 3 aromatic rings. The molecule has 0 saturated heterocycles. The van der Waals surface area contributed by atoms with Crippen molar-refractivity contribution in [2.24, 2.45) is 0 Å². The highest BCUT2D eigenvalue weighted by atomic mass is 19.4. The second kappa shape index (κ2) is 12.5. The Bertz CT molecular complexity index is 1060. The first-order chi connectivity index (χ1) is 16.8. The molecule has 1 N–H and O–H groups in total. The first kappa shape index (κ1) is 26.4. The van der Waals surface area contributed by atoms with E-state index < -0.39 is 17.8 Å². The summed E-state index contributed by atoms with van der Waals surface area (Å²) in [4.78, 5) is 2.09. The van der Waals surface area contributed by atoms with Gasteiger partial charge < -0.3 is 19.3 Å². The summed E-state index contributed by atoms with van der Waals surface area (Å²) in [7, 11) is 3.17. The molecule has 35 heavy (non-hydrogen) atoms. The van der Waals surface area contributed by atoms with Gasteiger partial charge in [0.15, 0.2) is 11.5 Å². The van der Waals surface area contributed by atoms with Gasteiger partial charge in [-0.3, -0.25) is 4.90 Å². The maximum absolute atomic E-state index is 12.9. The summed E-state index contributed by atoms with van der Waals surface area (Å²) in [6.07, 6.45) is -4.64. The Hall–Kier alpha value is -3.23. The molecule has 0 radical (unpaired) electrons. The van der Waals surface area contributed by atoms with Crippen molar-refractivity contribution in [3.05, 3.63) is 89.5 Å². The van der Waals surface area contributed by atoms with Gasteiger partial charge in [-0.1, -0.05) is 42.5 Å². The van der Waals surface area contributed by atoms with Crippen LogP contribution in [0.25, 0.3) is 0 Å². The Morgan fingerprint density at radius 2 is 1.60 bits per heavy atom. The standard InChI is InChI=1S/C27H30F3NO4/c1-33-25-12-11-20(15-26(25)34-2)13-14-31(17-21-7-4-3-5-8-21)18-23(32)19-35-24-10-6-9-22(16-24)27(28,29)30/h3-12,15-16,23,32H,13-14,17-19H2,1-2H3. The molecule has 0 spiro atoms. The van der Waals surface area contributed by atoms with Crippen LogP contribution in [0, 0.1) is 0 Å². The van der Waals surface area contributed by atoms with Crippen LogP contribution in [0.3, 0.4) is 0 Å². The third-order valence-corrected chi connectivity index (χ3v) is 5.49. The first-order valence-electron chi connectivity index (χ1n) is 11.2. The topological polar surface area (TPSA) is 51.2 Å². The molecule has 0 bridgehead atoms. The second-order valence-corrected chi connectivity index (χ2v) is 8.15. The van der Waals surface area contributed by atoms with Crippen molar-refractivity contribution in [3.63, 3.8) is 0 Å². The normalized spacial score (nSPS) is 12.4. The van der Waals surface area contributed by atoms with E-state index >= 15 is 0 Å². The third-order valence-electron chi connectivity index (χ3n) is 5.49. The van der Waals surface area contributed by atoms with Crippen LogP contribution in [-0.4, -0.2) is 50.0 Å². The quantitative estimate of drug-likeness (QED) is 0.379. The average molecular weight is 490 g/mol. The highest BCUT2D eigenvalue weighted by Crippen LogP contribution is 2.31. The van der Waals surface area contributed by atoms with E-state index in [2.05, 4.69) is 4.90 Å². The number of halogens is 3. The van der Waals surface area contributed by atoms with Gasteiger partial charge in [0, 0.05) is 19.6 Å². The lowest BCUT2D eigenvalue weighted by Crippen LogP contribution is -2.36. The number of rotatable bonds is 12. The van der Waals surface area contributed by atoms with Gasteiger partial charge in [0.25, 0.3) is 0 Å². The molecule has 0 aliphatic rings. The number of ether oxygens (including phenoxy) is 3. The van der Waals surface area contributed by atoms with Gasteiger partial charge in [0.05, 0.1) is 19.8 Å². The minimum Gasteiger partial charge on any atom is -0.493 e. The van der Waals surface area contributed by atoms with E-state index in [0.29, 0.717) is 37.6 Å². The lowest BCUT2D eigenvalue weighted by Gasteiger charge is -2.25. The Balaban J connectivity index is 1.63. The predicted molar refractivity (Wildman–Crippen MR) is 128 cm³/mol. The number of aliphatic hydroxyl groups excluding tert-OH is 1. The lowest BCUT2D eigenvalue weighted by molar-refractivity contribution is -0.137. The summed E-state index contributed by atoms with van der Waals surface area (Å²) in [5, 5.41) is 10.6. The van der Waals surface area contributed by atoms with Crippen LogP contribution in [0.1, 0.15) is 16.7 Å². The van der Waals surface area contributed by atoms with Gasteiger partial charge in [-0.25, -0.2) is 0 Å². The van der Waals surface area contributed by atoms with Crippen molar-refractivity contribution in [3.8, 4) is 17.2 Å². The summed E-state index contributed by atoms with van der Waals surface area (Å²) >= 11 is 0. The molecule has 1 atom stereocenters. The van der Waals surface area contributed by atoms with E-state index in [4.69, 9.17) is 14.2 Å². The van der Waals surface area contributed by atoms with Crippen LogP contribution in [0.2, 0.25) is 0 Å². The summed E-state index contributed by atoms with van der Waals surface area (Å²) in [6, 6.07) is 20.3. The molecule has 0 heterocycles. The Morgan fingerprint density at radius 3 is 2.29 bits per heavy atom. The number of methoxy groups -OCH3 is 2. The van der Waals surface area contributed by atoms with Crippen molar-refractivity contribution >= 4 is 0 Å². The predicted octanol–water partition coefficient (Wildman–Crippen LogP) is 5.21. The van der Waals surface area contributed by atoms with E-state index in [1.807, 2.05) is 48.5 Å². The third kappa shape index (κ3) is 8.19. The fraction of sp³-hybridized carbons (Fsp3) is 0.333.